The lowest BCUT2D eigenvalue weighted by Crippen LogP contribution is -2.30. The molecule has 2 aliphatic rings. The van der Waals surface area contributed by atoms with Gasteiger partial charge in [0.2, 0.25) is 5.91 Å². The maximum Gasteiger partial charge on any atom is 0.216 e. The Morgan fingerprint density at radius 3 is 2.62 bits per heavy atom. The molecule has 0 spiro atoms. The number of nitrogens with one attached hydrogen (secondary N) is 2. The van der Waals surface area contributed by atoms with Crippen LogP contribution in [0.4, 0.5) is 0 Å². The van der Waals surface area contributed by atoms with Crippen molar-refractivity contribution < 1.29 is 18.0 Å². The number of benzene rings is 1. The van der Waals surface area contributed by atoms with Crippen molar-refractivity contribution >= 4 is 27.0 Å². The average Bonchev–Trinajstić information content (AvgIpc) is 3.02. The van der Waals surface area contributed by atoms with Crippen LogP contribution >= 0.6 is 0 Å². The van der Waals surface area contributed by atoms with E-state index in [2.05, 4.69) is 10.8 Å². The van der Waals surface area contributed by atoms with Gasteiger partial charge in [0.15, 0.2) is 9.84 Å². The molecule has 1 aromatic rings. The highest BCUT2D eigenvalue weighted by atomic mass is 32.2. The molecule has 0 aliphatic carbocycles. The van der Waals surface area contributed by atoms with E-state index in [1.807, 2.05) is 30.3 Å². The van der Waals surface area contributed by atoms with Crippen LogP contribution in [0.3, 0.4) is 0 Å². The van der Waals surface area contributed by atoms with E-state index in [1.54, 1.807) is 6.08 Å². The molecule has 128 valence electrons. The Morgan fingerprint density at radius 2 is 2.00 bits per heavy atom. The van der Waals surface area contributed by atoms with E-state index in [4.69, 9.17) is 4.84 Å². The van der Waals surface area contributed by atoms with Gasteiger partial charge in [-0.05, 0) is 29.2 Å². The van der Waals surface area contributed by atoms with E-state index in [-0.39, 0.29) is 23.5 Å². The summed E-state index contributed by atoms with van der Waals surface area (Å²) in [6.45, 7) is 1.89. The van der Waals surface area contributed by atoms with Crippen molar-refractivity contribution in [1.82, 2.24) is 10.8 Å². The van der Waals surface area contributed by atoms with Gasteiger partial charge in [0, 0.05) is 6.92 Å². The zero-order valence-corrected chi connectivity index (χ0v) is 14.2. The zero-order chi connectivity index (χ0) is 17.2. The van der Waals surface area contributed by atoms with Gasteiger partial charge < -0.3 is 5.32 Å². The summed E-state index contributed by atoms with van der Waals surface area (Å²) in [5, 5.41) is 2.71. The molecule has 2 heterocycles. The van der Waals surface area contributed by atoms with Gasteiger partial charge in [-0.15, -0.1) is 0 Å². The Morgan fingerprint density at radius 1 is 1.29 bits per heavy atom. The maximum absolute atomic E-state index is 11.5. The molecule has 0 radical (unpaired) electrons. The molecule has 0 aromatic heterocycles. The second-order valence-electron chi connectivity index (χ2n) is 5.95. The van der Waals surface area contributed by atoms with Gasteiger partial charge in [0.1, 0.15) is 6.10 Å². The van der Waals surface area contributed by atoms with Crippen LogP contribution in [0.15, 0.2) is 36.4 Å². The fourth-order valence-corrected chi connectivity index (χ4v) is 3.85. The second kappa shape index (κ2) is 6.78. The lowest BCUT2D eigenvalue weighted by atomic mass is 10.0. The number of hydrogen-bond donors (Lipinski definition) is 2. The van der Waals surface area contributed by atoms with Crippen molar-refractivity contribution in [2.24, 2.45) is 0 Å². The fourth-order valence-electron chi connectivity index (χ4n) is 2.70. The van der Waals surface area contributed by atoms with Crippen LogP contribution in [0.5, 0.6) is 0 Å². The van der Waals surface area contributed by atoms with E-state index in [0.29, 0.717) is 13.0 Å². The standard InChI is InChI=1S/C17H20N2O4S/c1-12(20)18-11-16-10-17(19-23-16)15-4-2-13(3-5-15)14-6-8-24(21,22)9-7-14/h2-6,10,16,19H,7-9,11H2,1H3,(H,18,20). The van der Waals surface area contributed by atoms with Crippen LogP contribution in [-0.2, 0) is 19.5 Å². The van der Waals surface area contributed by atoms with Crippen LogP contribution in [0.2, 0.25) is 0 Å². The first kappa shape index (κ1) is 16.7. The predicted octanol–water partition coefficient (Wildman–Crippen LogP) is 1.27. The van der Waals surface area contributed by atoms with Crippen molar-refractivity contribution in [1.29, 1.82) is 0 Å². The Hall–Kier alpha value is -2.12. The number of allylic oxidation sites excluding steroid dienone is 1. The molecule has 1 amide bonds. The Balaban J connectivity index is 1.68. The largest absolute Gasteiger partial charge is 0.353 e. The number of carbonyl (C=O) groups is 1. The van der Waals surface area contributed by atoms with Crippen LogP contribution in [0.25, 0.3) is 11.3 Å². The number of hydrogen-bond acceptors (Lipinski definition) is 5. The molecule has 7 heteroatoms. The van der Waals surface area contributed by atoms with Gasteiger partial charge in [-0.3, -0.25) is 15.1 Å². The summed E-state index contributed by atoms with van der Waals surface area (Å²) in [6.07, 6.45) is 4.09. The zero-order valence-electron chi connectivity index (χ0n) is 13.4. The maximum atomic E-state index is 11.5. The van der Waals surface area contributed by atoms with E-state index in [0.717, 1.165) is 22.4 Å². The van der Waals surface area contributed by atoms with E-state index >= 15 is 0 Å². The summed E-state index contributed by atoms with van der Waals surface area (Å²) in [6, 6.07) is 7.93. The molecule has 3 rings (SSSR count). The molecule has 0 bridgehead atoms. The number of amides is 1. The number of sulfone groups is 1. The highest BCUT2D eigenvalue weighted by Crippen LogP contribution is 2.25. The van der Waals surface area contributed by atoms with E-state index in [9.17, 15) is 13.2 Å². The van der Waals surface area contributed by atoms with Gasteiger partial charge in [-0.2, -0.15) is 0 Å². The quantitative estimate of drug-likeness (QED) is 0.856. The van der Waals surface area contributed by atoms with Crippen LogP contribution in [0, 0.1) is 0 Å². The summed E-state index contributed by atoms with van der Waals surface area (Å²) in [7, 11) is -2.90. The Kier molecular flexibility index (Phi) is 4.73. The summed E-state index contributed by atoms with van der Waals surface area (Å²) in [5.41, 5.74) is 6.83. The molecular formula is C17H20N2O4S. The third kappa shape index (κ3) is 4.04. The minimum atomic E-state index is -2.90. The molecule has 2 N–H and O–H groups in total. The first-order valence-electron chi connectivity index (χ1n) is 7.81. The third-order valence-corrected chi connectivity index (χ3v) is 5.56. The van der Waals surface area contributed by atoms with E-state index < -0.39 is 9.84 Å². The normalized spacial score (nSPS) is 22.3. The minimum absolute atomic E-state index is 0.0902. The Labute approximate surface area is 141 Å². The van der Waals surface area contributed by atoms with Crippen molar-refractivity contribution in [3.05, 3.63) is 47.5 Å². The van der Waals surface area contributed by atoms with Crippen molar-refractivity contribution in [3.8, 4) is 0 Å². The molecule has 0 saturated heterocycles. The Bertz CT molecular complexity index is 794. The molecule has 2 aliphatic heterocycles. The lowest BCUT2D eigenvalue weighted by molar-refractivity contribution is -0.119. The molecule has 1 unspecified atom stereocenters. The highest BCUT2D eigenvalue weighted by molar-refractivity contribution is 7.91. The van der Waals surface area contributed by atoms with Gasteiger partial charge in [-0.1, -0.05) is 30.3 Å². The summed E-state index contributed by atoms with van der Waals surface area (Å²) >= 11 is 0. The van der Waals surface area contributed by atoms with Gasteiger partial charge in [0.05, 0.1) is 23.7 Å². The summed E-state index contributed by atoms with van der Waals surface area (Å²) in [5.74, 6) is 0.245. The smallest absolute Gasteiger partial charge is 0.216 e. The van der Waals surface area contributed by atoms with Crippen molar-refractivity contribution in [3.63, 3.8) is 0 Å². The monoisotopic (exact) mass is 348 g/mol. The van der Waals surface area contributed by atoms with Gasteiger partial charge in [-0.25, -0.2) is 8.42 Å². The first-order chi connectivity index (χ1) is 11.4. The van der Waals surface area contributed by atoms with Gasteiger partial charge >= 0.3 is 0 Å². The van der Waals surface area contributed by atoms with E-state index in [1.165, 1.54) is 6.92 Å². The SMILES string of the molecule is CC(=O)NCC1C=C(c2ccc(C3=CCS(=O)(=O)CC3)cc2)NO1. The highest BCUT2D eigenvalue weighted by Gasteiger charge is 2.19. The van der Waals surface area contributed by atoms with Crippen LogP contribution in [-0.4, -0.2) is 38.5 Å². The molecular weight excluding hydrogens is 328 g/mol. The summed E-state index contributed by atoms with van der Waals surface area (Å²) in [4.78, 5) is 16.3. The lowest BCUT2D eigenvalue weighted by Gasteiger charge is -2.14. The van der Waals surface area contributed by atoms with Crippen LogP contribution in [0.1, 0.15) is 24.5 Å². The summed E-state index contributed by atoms with van der Waals surface area (Å²) < 4.78 is 23.0. The van der Waals surface area contributed by atoms with Crippen molar-refractivity contribution in [2.75, 3.05) is 18.1 Å². The molecule has 24 heavy (non-hydrogen) atoms. The fraction of sp³-hybridized carbons (Fsp3) is 0.353. The second-order valence-corrected chi connectivity index (χ2v) is 8.18. The predicted molar refractivity (Wildman–Crippen MR) is 92.4 cm³/mol. The topological polar surface area (TPSA) is 84.5 Å². The number of carbonyl (C=O) groups excluding carboxylic acids is 1. The molecule has 0 fully saturated rings. The molecule has 0 saturated carbocycles. The first-order valence-corrected chi connectivity index (χ1v) is 9.63. The molecule has 1 aromatic carbocycles. The van der Waals surface area contributed by atoms with Gasteiger partial charge in [0.25, 0.3) is 0 Å². The third-order valence-electron chi connectivity index (χ3n) is 4.06. The number of rotatable bonds is 4. The molecule has 6 nitrogen and oxygen atoms in total. The molecule has 1 atom stereocenters. The number of hydroxylamine groups is 1. The minimum Gasteiger partial charge on any atom is -0.353 e. The van der Waals surface area contributed by atoms with Crippen molar-refractivity contribution in [2.45, 2.75) is 19.4 Å². The van der Waals surface area contributed by atoms with Crippen LogP contribution < -0.4 is 10.8 Å². The average molecular weight is 348 g/mol.